The number of ether oxygens (including phenoxy) is 5. The molecule has 1 unspecified atom stereocenters. The monoisotopic (exact) mass is 1430 g/mol. The van der Waals surface area contributed by atoms with Gasteiger partial charge >= 0.3 is 6.09 Å². The number of ketones is 3. The van der Waals surface area contributed by atoms with Crippen molar-refractivity contribution in [3.8, 4) is 45.5 Å². The number of aliphatic hydroxyl groups is 1. The lowest BCUT2D eigenvalue weighted by molar-refractivity contribution is -0.133. The predicted molar refractivity (Wildman–Crippen MR) is 390 cm³/mol. The van der Waals surface area contributed by atoms with Crippen molar-refractivity contribution in [3.05, 3.63) is 130 Å². The summed E-state index contributed by atoms with van der Waals surface area (Å²) in [7, 11) is 3.07. The van der Waals surface area contributed by atoms with Crippen LogP contribution in [0.25, 0.3) is 22.5 Å². The molecule has 6 amide bonds. The molecule has 554 valence electrons. The highest BCUT2D eigenvalue weighted by Gasteiger charge is 2.58. The van der Waals surface area contributed by atoms with Crippen LogP contribution in [0.15, 0.2) is 97.1 Å². The molecule has 0 bridgehead atoms. The summed E-state index contributed by atoms with van der Waals surface area (Å²) in [6.07, 6.45) is 6.57. The first-order valence-electron chi connectivity index (χ1n) is 37.1. The normalized spacial score (nSPS) is 18.9. The highest BCUT2D eigenvalue weighted by atomic mass is 16.6. The summed E-state index contributed by atoms with van der Waals surface area (Å²) in [5.74, 6) is -1.93. The fourth-order valence-electron chi connectivity index (χ4n) is 15.8. The highest BCUT2D eigenvalue weighted by molar-refractivity contribution is 6.06. The first-order valence-corrected chi connectivity index (χ1v) is 37.1. The standard InChI is InChI=1S/C81H95N9O15/c1-48(2)60(37-57(92)43-82-71(94)27-25-56(91)26-28-72(95)86-44-54-15-9-10-16-58(54)73-74(90(49(3)4)85-84-73)59-17-11-12-18-63(59)86)75(96)83-50(5)66(93)35-51-19-21-52(22-20-51)45-105-79(100)89-64-40-70(68(102-7)39-62(64)77(98)88-47-81(31-32-81)42-65(88)78(89)99)104-34-14-8-13-33-103-69-36-53-23-24-55-41-80(29-30-80)46-87(55)76(97)61(53)38-67(69)101-6/h9-12,15-22,36,38-40,48-50,55,60,65,78,99H,8,13-14,23-35,37,41-47H2,1-7H3,(H,82,94)(H,83,96)/t50-,55+,60-,65-,78?/m0/s1. The average molecular weight is 1430 g/mol. The number of unbranched alkanes of at least 4 members (excludes halogenated alkanes) is 2. The first kappa shape index (κ1) is 73.3. The number of aromatic nitrogens is 3. The van der Waals surface area contributed by atoms with Gasteiger partial charge in [0.1, 0.15) is 18.1 Å². The smallest absolute Gasteiger partial charge is 0.416 e. The number of Topliss-reactive ketones (excluding diaryl/α,β-unsaturated/α-hetero) is 3. The Bertz CT molecular complexity index is 4350. The van der Waals surface area contributed by atoms with Crippen molar-refractivity contribution in [1.82, 2.24) is 35.4 Å². The Kier molecular flexibility index (Phi) is 21.7. The molecule has 24 nitrogen and oxygen atoms in total. The van der Waals surface area contributed by atoms with Crippen LogP contribution in [0.2, 0.25) is 0 Å². The number of methoxy groups -OCH3 is 2. The number of carbonyl (C=O) groups excluding carboxylic acids is 9. The molecule has 5 aliphatic heterocycles. The average Bonchev–Trinajstić information content (AvgIpc) is 1.58. The minimum absolute atomic E-state index is 0.0118. The zero-order chi connectivity index (χ0) is 74.0. The number of para-hydroxylation sites is 1. The lowest BCUT2D eigenvalue weighted by Crippen LogP contribution is -2.50. The van der Waals surface area contributed by atoms with Crippen LogP contribution in [0.4, 0.5) is 16.2 Å². The SMILES string of the molecule is COc1cc2c(cc1OCCCCCOc1cc3c(cc1OC)C(=O)N1CC4(CC4)C[C@H]1C(O)N3C(=O)OCc1ccc(CC(=O)[C@H](C)NC(=O)[C@@H](CC(=O)CNC(=O)CCC(=O)CCC(=O)N3Cc4ccccc4-c4nnn(C(C)C)c4-c4ccccc43)C(C)C)cc1)CC[C@@H]1CC3(CC3)CN1C2=O. The molecule has 7 aliphatic rings. The molecule has 6 aromatic rings. The summed E-state index contributed by atoms with van der Waals surface area (Å²) >= 11 is 0. The molecule has 105 heavy (non-hydrogen) atoms. The van der Waals surface area contributed by atoms with Gasteiger partial charge in [-0.15, -0.1) is 5.10 Å². The molecule has 2 aliphatic carbocycles. The van der Waals surface area contributed by atoms with Gasteiger partial charge in [0.05, 0.1) is 75.2 Å². The van der Waals surface area contributed by atoms with Crippen LogP contribution in [-0.4, -0.2) is 154 Å². The Hall–Kier alpha value is -9.97. The van der Waals surface area contributed by atoms with Gasteiger partial charge in [0.2, 0.25) is 17.7 Å². The second-order valence-electron chi connectivity index (χ2n) is 30.4. The number of hydrogen-bond donors (Lipinski definition) is 3. The van der Waals surface area contributed by atoms with E-state index >= 15 is 0 Å². The van der Waals surface area contributed by atoms with Gasteiger partial charge < -0.3 is 54.1 Å². The summed E-state index contributed by atoms with van der Waals surface area (Å²) in [4.78, 5) is 130. The topological polar surface area (TPSA) is 288 Å². The molecule has 2 spiro atoms. The van der Waals surface area contributed by atoms with E-state index in [1.165, 1.54) is 20.0 Å². The molecular formula is C81H95N9O15. The van der Waals surface area contributed by atoms with Crippen molar-refractivity contribution in [3.63, 3.8) is 0 Å². The van der Waals surface area contributed by atoms with Crippen LogP contribution >= 0.6 is 0 Å². The number of amides is 6. The van der Waals surface area contributed by atoms with Gasteiger partial charge in [-0.05, 0) is 155 Å². The van der Waals surface area contributed by atoms with Gasteiger partial charge in [0.25, 0.3) is 11.8 Å². The van der Waals surface area contributed by atoms with Crippen LogP contribution in [0.5, 0.6) is 23.0 Å². The number of nitrogens with zero attached hydrogens (tertiary/aromatic N) is 7. The quantitative estimate of drug-likeness (QED) is 0.0368. The lowest BCUT2D eigenvalue weighted by atomic mass is 9.89. The zero-order valence-electron chi connectivity index (χ0n) is 61.0. The minimum Gasteiger partial charge on any atom is -0.493 e. The van der Waals surface area contributed by atoms with Crippen LogP contribution in [0, 0.1) is 22.7 Å². The summed E-state index contributed by atoms with van der Waals surface area (Å²) in [6, 6.07) is 27.7. The third kappa shape index (κ3) is 15.9. The van der Waals surface area contributed by atoms with E-state index in [2.05, 4.69) is 25.8 Å². The second kappa shape index (κ2) is 31.0. The van der Waals surface area contributed by atoms with E-state index in [4.69, 9.17) is 23.7 Å². The molecule has 5 aromatic carbocycles. The van der Waals surface area contributed by atoms with Crippen LogP contribution in [0.1, 0.15) is 180 Å². The minimum atomic E-state index is -1.45. The number of fused-ring (bicyclic) bond motifs is 9. The van der Waals surface area contributed by atoms with Gasteiger partial charge in [-0.1, -0.05) is 85.8 Å². The summed E-state index contributed by atoms with van der Waals surface area (Å²) < 4.78 is 31.9. The maximum Gasteiger partial charge on any atom is 0.416 e. The van der Waals surface area contributed by atoms with E-state index < -0.39 is 47.9 Å². The molecule has 6 heterocycles. The van der Waals surface area contributed by atoms with Crippen molar-refractivity contribution < 1.29 is 71.9 Å². The highest BCUT2D eigenvalue weighted by Crippen LogP contribution is 2.58. The molecular weight excluding hydrogens is 1340 g/mol. The molecule has 5 atom stereocenters. The number of nitrogens with one attached hydrogen (secondary N) is 2. The van der Waals surface area contributed by atoms with E-state index in [1.807, 2.05) is 79.2 Å². The number of anilines is 2. The van der Waals surface area contributed by atoms with Crippen LogP contribution in [0.3, 0.4) is 0 Å². The number of rotatable bonds is 29. The summed E-state index contributed by atoms with van der Waals surface area (Å²) in [5, 5.41) is 26.6. The van der Waals surface area contributed by atoms with E-state index in [0.29, 0.717) is 71.7 Å². The molecule has 13 rings (SSSR count). The summed E-state index contributed by atoms with van der Waals surface area (Å²) in [5.41, 5.74) is 8.12. The van der Waals surface area contributed by atoms with Gasteiger partial charge in [-0.2, -0.15) is 0 Å². The van der Waals surface area contributed by atoms with Crippen LogP contribution < -0.4 is 39.4 Å². The fourth-order valence-corrected chi connectivity index (χ4v) is 15.8. The maximum absolute atomic E-state index is 14.5. The Morgan fingerprint density at radius 2 is 1.30 bits per heavy atom. The molecule has 2 saturated carbocycles. The molecule has 3 N–H and O–H groups in total. The number of hydrogen-bond acceptors (Lipinski definition) is 17. The van der Waals surface area contributed by atoms with Gasteiger partial charge in [0.15, 0.2) is 40.8 Å². The van der Waals surface area contributed by atoms with Crippen LogP contribution in [-0.2, 0) is 59.5 Å². The second-order valence-corrected chi connectivity index (χ2v) is 30.4. The lowest BCUT2D eigenvalue weighted by Gasteiger charge is -2.31. The number of aliphatic hydroxyl groups excluding tert-OH is 1. The zero-order valence-corrected chi connectivity index (χ0v) is 61.0. The Balaban J connectivity index is 0.556. The van der Waals surface area contributed by atoms with Crippen molar-refractivity contribution in [1.29, 1.82) is 0 Å². The summed E-state index contributed by atoms with van der Waals surface area (Å²) in [6.45, 7) is 10.8. The Morgan fingerprint density at radius 3 is 1.99 bits per heavy atom. The van der Waals surface area contributed by atoms with E-state index in [9.17, 15) is 48.3 Å². The van der Waals surface area contributed by atoms with E-state index in [1.54, 1.807) is 74.1 Å². The number of aryl methyl sites for hydroxylation is 1. The van der Waals surface area contributed by atoms with Gasteiger partial charge in [-0.25, -0.2) is 14.4 Å². The maximum atomic E-state index is 14.5. The number of benzene rings is 5. The third-order valence-electron chi connectivity index (χ3n) is 22.3. The Morgan fingerprint density at radius 1 is 0.657 bits per heavy atom. The Labute approximate surface area is 611 Å². The molecule has 0 radical (unpaired) electrons. The van der Waals surface area contributed by atoms with Gasteiger partial charge in [-0.3, -0.25) is 38.4 Å². The predicted octanol–water partition coefficient (Wildman–Crippen LogP) is 10.9. The first-order chi connectivity index (χ1) is 50.5. The number of carbonyl (C=O) groups is 9. The third-order valence-corrected chi connectivity index (χ3v) is 22.3. The van der Waals surface area contributed by atoms with Crippen molar-refractivity contribution in [2.75, 3.05) is 56.9 Å². The molecule has 24 heteroatoms. The molecule has 4 fully saturated rings. The van der Waals surface area contributed by atoms with Crippen molar-refractivity contribution in [2.45, 2.75) is 187 Å². The van der Waals surface area contributed by atoms with Crippen molar-refractivity contribution >= 4 is 64.4 Å². The largest absolute Gasteiger partial charge is 0.493 e. The molecule has 2 saturated heterocycles. The van der Waals surface area contributed by atoms with Crippen molar-refractivity contribution in [2.24, 2.45) is 22.7 Å². The molecule has 1 aromatic heterocycles. The van der Waals surface area contributed by atoms with E-state index in [0.717, 1.165) is 83.6 Å². The van der Waals surface area contributed by atoms with E-state index in [-0.39, 0.29) is 140 Å². The van der Waals surface area contributed by atoms with Gasteiger partial charge in [0, 0.05) is 92.4 Å². The fraction of sp³-hybridized carbons (Fsp3) is 0.494.